The predicted octanol–water partition coefficient (Wildman–Crippen LogP) is 4.18. The molecule has 1 amide bonds. The van der Waals surface area contributed by atoms with Crippen LogP contribution in [0.3, 0.4) is 0 Å². The van der Waals surface area contributed by atoms with Crippen LogP contribution in [0.1, 0.15) is 37.7 Å². The Morgan fingerprint density at radius 1 is 1.33 bits per heavy atom. The van der Waals surface area contributed by atoms with Crippen molar-refractivity contribution in [3.63, 3.8) is 0 Å². The van der Waals surface area contributed by atoms with E-state index in [-0.39, 0.29) is 17.9 Å². The molecule has 24 heavy (non-hydrogen) atoms. The lowest BCUT2D eigenvalue weighted by Gasteiger charge is -2.20. The van der Waals surface area contributed by atoms with E-state index < -0.39 is 0 Å². The van der Waals surface area contributed by atoms with Gasteiger partial charge in [-0.2, -0.15) is 5.10 Å². The Kier molecular flexibility index (Phi) is 5.83. The van der Waals surface area contributed by atoms with Gasteiger partial charge in [0.25, 0.3) is 5.91 Å². The lowest BCUT2D eigenvalue weighted by Crippen LogP contribution is -2.24. The number of ether oxygens (including phenoxy) is 1. The summed E-state index contributed by atoms with van der Waals surface area (Å²) in [4.78, 5) is 11.8. The minimum absolute atomic E-state index is 0.0796. The number of carbonyl (C=O) groups excluding carboxylic acids is 1. The van der Waals surface area contributed by atoms with E-state index in [0.717, 1.165) is 5.56 Å². The van der Waals surface area contributed by atoms with E-state index in [4.69, 9.17) is 9.15 Å². The largest absolute Gasteiger partial charge is 0.483 e. The number of furan rings is 1. The molecule has 0 fully saturated rings. The summed E-state index contributed by atoms with van der Waals surface area (Å²) in [5.41, 5.74) is 4.70. The van der Waals surface area contributed by atoms with Gasteiger partial charge in [0.15, 0.2) is 11.3 Å². The molecule has 128 valence electrons. The van der Waals surface area contributed by atoms with Crippen LogP contribution < -0.4 is 10.2 Å². The molecular weight excluding hydrogens is 372 g/mol. The Bertz CT molecular complexity index is 745. The van der Waals surface area contributed by atoms with Gasteiger partial charge in [-0.25, -0.2) is 5.43 Å². The van der Waals surface area contributed by atoms with Crippen molar-refractivity contribution < 1.29 is 13.9 Å². The first kappa shape index (κ1) is 18.3. The molecule has 0 unspecified atom stereocenters. The van der Waals surface area contributed by atoms with E-state index >= 15 is 0 Å². The van der Waals surface area contributed by atoms with Gasteiger partial charge in [-0.05, 0) is 57.6 Å². The number of halogens is 1. The normalized spacial score (nSPS) is 11.7. The highest BCUT2D eigenvalue weighted by Crippen LogP contribution is 2.27. The molecule has 0 saturated heterocycles. The maximum atomic E-state index is 11.8. The summed E-state index contributed by atoms with van der Waals surface area (Å²) in [6.07, 6.45) is 1.42. The second-order valence-electron chi connectivity index (χ2n) is 6.45. The van der Waals surface area contributed by atoms with Crippen LogP contribution in [-0.2, 0) is 10.2 Å². The fourth-order valence-electron chi connectivity index (χ4n) is 2.02. The van der Waals surface area contributed by atoms with E-state index in [1.165, 1.54) is 11.8 Å². The Hall–Kier alpha value is -2.08. The lowest BCUT2D eigenvalue weighted by atomic mass is 9.86. The monoisotopic (exact) mass is 392 g/mol. The number of hydrogen-bond donors (Lipinski definition) is 1. The Morgan fingerprint density at radius 2 is 2.08 bits per heavy atom. The number of benzene rings is 1. The molecule has 0 atom stereocenters. The first-order valence-corrected chi connectivity index (χ1v) is 8.36. The number of nitrogens with zero attached hydrogens (tertiary/aromatic N) is 1. The van der Waals surface area contributed by atoms with Crippen LogP contribution in [0.4, 0.5) is 0 Å². The van der Waals surface area contributed by atoms with E-state index in [1.54, 1.807) is 12.1 Å². The summed E-state index contributed by atoms with van der Waals surface area (Å²) in [7, 11) is 0. The number of amides is 1. The fraction of sp³-hybridized carbons (Fsp3) is 0.333. The van der Waals surface area contributed by atoms with Crippen LogP contribution in [0, 0.1) is 6.92 Å². The number of nitrogens with one attached hydrogen (secondary N) is 1. The number of hydrogen-bond acceptors (Lipinski definition) is 4. The highest BCUT2D eigenvalue weighted by Gasteiger charge is 2.15. The van der Waals surface area contributed by atoms with Crippen molar-refractivity contribution in [3.8, 4) is 5.75 Å². The zero-order valence-electron chi connectivity index (χ0n) is 14.2. The van der Waals surface area contributed by atoms with Gasteiger partial charge >= 0.3 is 0 Å². The van der Waals surface area contributed by atoms with Gasteiger partial charge in [-0.15, -0.1) is 0 Å². The molecule has 1 heterocycles. The van der Waals surface area contributed by atoms with Crippen molar-refractivity contribution in [2.75, 3.05) is 6.61 Å². The summed E-state index contributed by atoms with van der Waals surface area (Å²) in [5.74, 6) is 0.893. The third-order valence-corrected chi connectivity index (χ3v) is 3.80. The topological polar surface area (TPSA) is 63.8 Å². The molecule has 1 N–H and O–H groups in total. The van der Waals surface area contributed by atoms with Gasteiger partial charge in [0, 0.05) is 0 Å². The molecule has 0 radical (unpaired) electrons. The third kappa shape index (κ3) is 5.23. The number of carbonyl (C=O) groups is 1. The van der Waals surface area contributed by atoms with Crippen LogP contribution in [0.2, 0.25) is 0 Å². The molecule has 1 aromatic carbocycles. The van der Waals surface area contributed by atoms with E-state index in [1.807, 2.05) is 19.1 Å². The molecular formula is C18H21BrN2O3. The Morgan fingerprint density at radius 3 is 2.67 bits per heavy atom. The highest BCUT2D eigenvalue weighted by molar-refractivity contribution is 9.10. The number of aryl methyl sites for hydroxylation is 1. The predicted molar refractivity (Wildman–Crippen MR) is 97.5 cm³/mol. The average molecular weight is 393 g/mol. The first-order chi connectivity index (χ1) is 11.3. The molecule has 5 nitrogen and oxygen atoms in total. The van der Waals surface area contributed by atoms with Crippen LogP contribution in [0.5, 0.6) is 5.75 Å². The second-order valence-corrected chi connectivity index (χ2v) is 7.24. The van der Waals surface area contributed by atoms with Gasteiger partial charge in [0.2, 0.25) is 0 Å². The second kappa shape index (κ2) is 7.66. The average Bonchev–Trinajstić information content (AvgIpc) is 2.90. The van der Waals surface area contributed by atoms with Crippen molar-refractivity contribution in [1.29, 1.82) is 0 Å². The fourth-order valence-corrected chi connectivity index (χ4v) is 2.34. The van der Waals surface area contributed by atoms with Crippen molar-refractivity contribution in [2.24, 2.45) is 5.10 Å². The summed E-state index contributed by atoms with van der Waals surface area (Å²) in [5, 5.41) is 3.82. The van der Waals surface area contributed by atoms with Crippen molar-refractivity contribution in [3.05, 3.63) is 51.9 Å². The summed E-state index contributed by atoms with van der Waals surface area (Å²) < 4.78 is 11.4. The van der Waals surface area contributed by atoms with Crippen molar-refractivity contribution >= 4 is 28.1 Å². The Balaban J connectivity index is 1.86. The van der Waals surface area contributed by atoms with Gasteiger partial charge in [-0.1, -0.05) is 32.9 Å². The van der Waals surface area contributed by atoms with Crippen LogP contribution in [-0.4, -0.2) is 18.7 Å². The van der Waals surface area contributed by atoms with Crippen LogP contribution in [0.15, 0.2) is 44.5 Å². The summed E-state index contributed by atoms with van der Waals surface area (Å²) in [6, 6.07) is 9.48. The van der Waals surface area contributed by atoms with Crippen LogP contribution >= 0.6 is 15.9 Å². The van der Waals surface area contributed by atoms with Gasteiger partial charge in [0.05, 0.1) is 6.21 Å². The summed E-state index contributed by atoms with van der Waals surface area (Å²) >= 11 is 3.19. The molecule has 6 heteroatoms. The maximum absolute atomic E-state index is 11.8. The zero-order chi connectivity index (χ0) is 17.7. The third-order valence-electron chi connectivity index (χ3n) is 3.37. The van der Waals surface area contributed by atoms with Gasteiger partial charge in [-0.3, -0.25) is 4.79 Å². The minimum atomic E-state index is -0.337. The SMILES string of the molecule is Cc1cc(C(C)(C)C)ccc1OCC(=O)N/N=C\c1ccc(Br)o1. The summed E-state index contributed by atoms with van der Waals surface area (Å²) in [6.45, 7) is 8.34. The molecule has 0 aliphatic heterocycles. The zero-order valence-corrected chi connectivity index (χ0v) is 15.8. The molecule has 1 aromatic heterocycles. The van der Waals surface area contributed by atoms with E-state index in [2.05, 4.69) is 53.3 Å². The molecule has 0 aliphatic carbocycles. The van der Waals surface area contributed by atoms with E-state index in [0.29, 0.717) is 16.2 Å². The van der Waals surface area contributed by atoms with Gasteiger partial charge < -0.3 is 9.15 Å². The quantitative estimate of drug-likeness (QED) is 0.613. The van der Waals surface area contributed by atoms with Crippen LogP contribution in [0.25, 0.3) is 0 Å². The molecule has 0 bridgehead atoms. The van der Waals surface area contributed by atoms with E-state index in [9.17, 15) is 4.79 Å². The molecule has 0 aliphatic rings. The lowest BCUT2D eigenvalue weighted by molar-refractivity contribution is -0.123. The molecule has 2 rings (SSSR count). The van der Waals surface area contributed by atoms with Crippen molar-refractivity contribution in [1.82, 2.24) is 5.43 Å². The molecule has 2 aromatic rings. The Labute approximate surface area is 150 Å². The highest BCUT2D eigenvalue weighted by atomic mass is 79.9. The maximum Gasteiger partial charge on any atom is 0.277 e. The number of hydrazone groups is 1. The molecule has 0 spiro atoms. The molecule has 0 saturated carbocycles. The van der Waals surface area contributed by atoms with Gasteiger partial charge in [0.1, 0.15) is 11.5 Å². The first-order valence-electron chi connectivity index (χ1n) is 7.57. The standard InChI is InChI=1S/C18H21BrN2O3/c1-12-9-13(18(2,3)4)5-7-15(12)23-11-17(22)21-20-10-14-6-8-16(19)24-14/h5-10H,11H2,1-4H3,(H,21,22)/b20-10-. The number of rotatable bonds is 5. The minimum Gasteiger partial charge on any atom is -0.483 e. The smallest absolute Gasteiger partial charge is 0.277 e. The van der Waals surface area contributed by atoms with Crippen molar-refractivity contribution in [2.45, 2.75) is 33.1 Å².